The Labute approximate surface area is 228 Å². The van der Waals surface area contributed by atoms with Crippen LogP contribution < -0.4 is 0 Å². The number of ether oxygens (including phenoxy) is 2. The molecule has 0 aliphatic heterocycles. The van der Waals surface area contributed by atoms with Crippen molar-refractivity contribution in [2.45, 2.75) is 80.1 Å². The number of nitrogens with zero attached hydrogens (tertiary/aromatic N) is 2. The number of aromatic nitrogens is 2. The molecule has 2 aromatic heterocycles. The smallest absolute Gasteiger partial charge is 0.338 e. The van der Waals surface area contributed by atoms with Gasteiger partial charge >= 0.3 is 11.9 Å². The van der Waals surface area contributed by atoms with Gasteiger partial charge in [-0.25, -0.2) is 9.59 Å². The molecular formula is C32H44N2O4. The molecule has 0 radical (unpaired) electrons. The van der Waals surface area contributed by atoms with Gasteiger partial charge < -0.3 is 9.47 Å². The first-order chi connectivity index (χ1) is 18.2. The van der Waals surface area contributed by atoms with Crippen LogP contribution in [-0.4, -0.2) is 35.1 Å². The fraction of sp³-hybridized carbons (Fsp3) is 0.500. The number of carbonyl (C=O) groups is 2. The maximum absolute atomic E-state index is 12.6. The second kappa shape index (κ2) is 16.5. The molecule has 0 aromatic carbocycles. The third kappa shape index (κ3) is 11.8. The summed E-state index contributed by atoms with van der Waals surface area (Å²) in [6.45, 7) is 13.5. The Kier molecular flexibility index (Phi) is 13.5. The number of pyridine rings is 2. The minimum Gasteiger partial charge on any atom is -0.462 e. The van der Waals surface area contributed by atoms with E-state index in [2.05, 4.69) is 63.7 Å². The maximum atomic E-state index is 12.6. The van der Waals surface area contributed by atoms with Gasteiger partial charge in [-0.15, -0.1) is 0 Å². The molecule has 0 aliphatic carbocycles. The summed E-state index contributed by atoms with van der Waals surface area (Å²) in [6, 6.07) is 6.54. The van der Waals surface area contributed by atoms with Crippen molar-refractivity contribution in [1.29, 1.82) is 0 Å². The van der Waals surface area contributed by atoms with E-state index in [1.165, 1.54) is 11.1 Å². The molecule has 0 spiro atoms. The van der Waals surface area contributed by atoms with Crippen LogP contribution in [0.4, 0.5) is 0 Å². The molecule has 0 amide bonds. The van der Waals surface area contributed by atoms with Gasteiger partial charge in [0.25, 0.3) is 0 Å². The number of hydrogen-bond donors (Lipinski definition) is 0. The Bertz CT molecular complexity index is 1010. The van der Waals surface area contributed by atoms with Crippen LogP contribution in [0.1, 0.15) is 101 Å². The van der Waals surface area contributed by atoms with Crippen LogP contribution in [0, 0.1) is 11.8 Å². The van der Waals surface area contributed by atoms with E-state index in [1.54, 1.807) is 36.7 Å². The van der Waals surface area contributed by atoms with Crippen molar-refractivity contribution in [3.63, 3.8) is 0 Å². The number of rotatable bonds is 15. The van der Waals surface area contributed by atoms with Gasteiger partial charge in [0.2, 0.25) is 0 Å². The summed E-state index contributed by atoms with van der Waals surface area (Å²) < 4.78 is 11.0. The van der Waals surface area contributed by atoms with Crippen LogP contribution in [0.3, 0.4) is 0 Å². The first-order valence-electron chi connectivity index (χ1n) is 13.7. The molecular weight excluding hydrogens is 476 g/mol. The van der Waals surface area contributed by atoms with Crippen LogP contribution in [-0.2, 0) is 9.47 Å². The van der Waals surface area contributed by atoms with E-state index in [4.69, 9.17) is 9.47 Å². The van der Waals surface area contributed by atoms with Crippen LogP contribution in [0.5, 0.6) is 0 Å². The Balaban J connectivity index is 1.89. The highest BCUT2D eigenvalue weighted by molar-refractivity contribution is 5.92. The fourth-order valence-electron chi connectivity index (χ4n) is 3.87. The lowest BCUT2D eigenvalue weighted by atomic mass is 10.0. The highest BCUT2D eigenvalue weighted by Crippen LogP contribution is 2.19. The van der Waals surface area contributed by atoms with Gasteiger partial charge in [-0.1, -0.05) is 37.1 Å². The fourth-order valence-corrected chi connectivity index (χ4v) is 3.87. The molecule has 0 saturated carbocycles. The van der Waals surface area contributed by atoms with Crippen LogP contribution in [0.15, 0.2) is 60.0 Å². The zero-order valence-corrected chi connectivity index (χ0v) is 24.0. The summed E-state index contributed by atoms with van der Waals surface area (Å²) in [6.07, 6.45) is 13.4. The van der Waals surface area contributed by atoms with Crippen LogP contribution in [0.2, 0.25) is 0 Å². The summed E-state index contributed by atoms with van der Waals surface area (Å²) in [5.74, 6) is 0.173. The highest BCUT2D eigenvalue weighted by Gasteiger charge is 2.14. The van der Waals surface area contributed by atoms with Crippen molar-refractivity contribution in [1.82, 2.24) is 9.97 Å². The molecule has 2 heterocycles. The summed E-state index contributed by atoms with van der Waals surface area (Å²) in [5, 5.41) is 0. The van der Waals surface area contributed by atoms with E-state index in [0.717, 1.165) is 38.5 Å². The molecule has 2 aromatic rings. The standard InChI is InChI=1S/C32H44N2O4/c1-23(2)9-7-11-25(5)15-19-37-31(35)27-13-17-33-29(21-27)30-22-28(14-18-34-30)32(36)38-20-16-26(6)12-8-10-24(3)4/h9-10,13-14,17-18,21-22,25-26H,7-8,11-12,15-16,19-20H2,1-6H3/t25-,26-/m0/s1. The zero-order valence-electron chi connectivity index (χ0n) is 24.0. The zero-order chi connectivity index (χ0) is 27.9. The second-order valence-electron chi connectivity index (χ2n) is 10.6. The van der Waals surface area contributed by atoms with E-state index in [0.29, 0.717) is 47.6 Å². The summed E-state index contributed by atoms with van der Waals surface area (Å²) >= 11 is 0. The van der Waals surface area contributed by atoms with Crippen molar-refractivity contribution in [2.75, 3.05) is 13.2 Å². The van der Waals surface area contributed by atoms with Crippen molar-refractivity contribution >= 4 is 11.9 Å². The largest absolute Gasteiger partial charge is 0.462 e. The molecule has 6 nitrogen and oxygen atoms in total. The summed E-state index contributed by atoms with van der Waals surface area (Å²) in [5.41, 5.74) is 4.46. The van der Waals surface area contributed by atoms with Crippen molar-refractivity contribution in [3.8, 4) is 11.4 Å². The van der Waals surface area contributed by atoms with Gasteiger partial charge in [-0.3, -0.25) is 9.97 Å². The number of allylic oxidation sites excluding steroid dienone is 4. The van der Waals surface area contributed by atoms with E-state index < -0.39 is 0 Å². The average molecular weight is 521 g/mol. The first-order valence-corrected chi connectivity index (χ1v) is 13.7. The predicted octanol–water partition coefficient (Wildman–Crippen LogP) is 8.00. The summed E-state index contributed by atoms with van der Waals surface area (Å²) in [7, 11) is 0. The molecule has 0 unspecified atom stereocenters. The third-order valence-corrected chi connectivity index (χ3v) is 6.37. The quantitative estimate of drug-likeness (QED) is 0.175. The summed E-state index contributed by atoms with van der Waals surface area (Å²) in [4.78, 5) is 33.9. The van der Waals surface area contributed by atoms with Gasteiger partial charge in [0.15, 0.2) is 0 Å². The van der Waals surface area contributed by atoms with E-state index >= 15 is 0 Å². The second-order valence-corrected chi connectivity index (χ2v) is 10.6. The molecule has 0 N–H and O–H groups in total. The highest BCUT2D eigenvalue weighted by atomic mass is 16.5. The Morgan fingerprint density at radius 3 is 1.47 bits per heavy atom. The Morgan fingerprint density at radius 2 is 1.11 bits per heavy atom. The van der Waals surface area contributed by atoms with Crippen molar-refractivity contribution in [2.24, 2.45) is 11.8 Å². The molecule has 0 bridgehead atoms. The molecule has 2 rings (SSSR count). The van der Waals surface area contributed by atoms with Crippen molar-refractivity contribution in [3.05, 3.63) is 71.1 Å². The molecule has 206 valence electrons. The lowest BCUT2D eigenvalue weighted by Crippen LogP contribution is -2.10. The lowest BCUT2D eigenvalue weighted by molar-refractivity contribution is 0.0474. The minimum atomic E-state index is -0.389. The predicted molar refractivity (Wildman–Crippen MR) is 153 cm³/mol. The van der Waals surface area contributed by atoms with Gasteiger partial charge in [0.05, 0.1) is 35.7 Å². The van der Waals surface area contributed by atoms with Crippen LogP contribution >= 0.6 is 0 Å². The SMILES string of the molecule is CC(C)=CCC[C@H](C)CCOC(=O)c1ccnc(-c2cc(C(=O)OCC[C@@H](C)CCC=C(C)C)ccn2)c1. The maximum Gasteiger partial charge on any atom is 0.338 e. The van der Waals surface area contributed by atoms with Crippen molar-refractivity contribution < 1.29 is 19.1 Å². The first kappa shape index (κ1) is 30.9. The number of hydrogen-bond acceptors (Lipinski definition) is 6. The Morgan fingerprint density at radius 1 is 0.711 bits per heavy atom. The third-order valence-electron chi connectivity index (χ3n) is 6.37. The number of carbonyl (C=O) groups excluding carboxylic acids is 2. The van der Waals surface area contributed by atoms with E-state index in [9.17, 15) is 9.59 Å². The average Bonchev–Trinajstić information content (AvgIpc) is 2.88. The van der Waals surface area contributed by atoms with Gasteiger partial charge in [-0.05, 0) is 102 Å². The lowest BCUT2D eigenvalue weighted by Gasteiger charge is -2.11. The monoisotopic (exact) mass is 520 g/mol. The van der Waals surface area contributed by atoms with Gasteiger partial charge in [-0.2, -0.15) is 0 Å². The molecule has 0 aliphatic rings. The van der Waals surface area contributed by atoms with Gasteiger partial charge in [0, 0.05) is 12.4 Å². The molecule has 6 heteroatoms. The minimum absolute atomic E-state index is 0.375. The molecule has 0 fully saturated rings. The molecule has 0 saturated heterocycles. The van der Waals surface area contributed by atoms with E-state index in [-0.39, 0.29) is 11.9 Å². The Hall–Kier alpha value is -3.28. The van der Waals surface area contributed by atoms with Crippen LogP contribution in [0.25, 0.3) is 11.4 Å². The normalized spacial score (nSPS) is 12.3. The topological polar surface area (TPSA) is 78.4 Å². The molecule has 38 heavy (non-hydrogen) atoms. The number of esters is 2. The molecule has 2 atom stereocenters. The van der Waals surface area contributed by atoms with E-state index in [1.807, 2.05) is 0 Å². The van der Waals surface area contributed by atoms with Gasteiger partial charge in [0.1, 0.15) is 0 Å².